The van der Waals surface area contributed by atoms with Crippen LogP contribution in [0.5, 0.6) is 11.5 Å². The molecule has 0 fully saturated rings. The maximum absolute atomic E-state index is 11.3. The van der Waals surface area contributed by atoms with Crippen molar-refractivity contribution in [2.45, 2.75) is 0 Å². The molecule has 0 aliphatic rings. The zero-order valence-corrected chi connectivity index (χ0v) is 12.7. The van der Waals surface area contributed by atoms with Gasteiger partial charge in [-0.2, -0.15) is 0 Å². The molecule has 3 aromatic rings. The Bertz CT molecular complexity index is 889. The molecule has 0 saturated carbocycles. The van der Waals surface area contributed by atoms with E-state index in [1.54, 1.807) is 44.8 Å². The summed E-state index contributed by atoms with van der Waals surface area (Å²) in [6.07, 6.45) is 3.43. The number of aromatic carboxylic acids is 1. The quantitative estimate of drug-likeness (QED) is 0.797. The zero-order chi connectivity index (χ0) is 16.4. The zero-order valence-electron chi connectivity index (χ0n) is 12.7. The molecule has 0 bridgehead atoms. The molecule has 1 N–H and O–H groups in total. The number of hydrogen-bond acceptors (Lipinski definition) is 4. The number of hydrogen-bond donors (Lipinski definition) is 1. The number of ether oxygens (including phenoxy) is 2. The van der Waals surface area contributed by atoms with Crippen molar-refractivity contribution in [3.8, 4) is 22.6 Å². The first-order valence-electron chi connectivity index (χ1n) is 6.98. The van der Waals surface area contributed by atoms with Gasteiger partial charge in [0.1, 0.15) is 0 Å². The summed E-state index contributed by atoms with van der Waals surface area (Å²) in [7, 11) is 3.13. The minimum Gasteiger partial charge on any atom is -0.493 e. The number of methoxy groups -OCH3 is 2. The van der Waals surface area contributed by atoms with Crippen molar-refractivity contribution in [1.82, 2.24) is 4.98 Å². The van der Waals surface area contributed by atoms with Gasteiger partial charge in [0, 0.05) is 23.3 Å². The van der Waals surface area contributed by atoms with Crippen molar-refractivity contribution in [2.24, 2.45) is 0 Å². The number of carboxylic acids is 1. The number of nitrogens with zero attached hydrogens (tertiary/aromatic N) is 1. The third-order valence-electron chi connectivity index (χ3n) is 3.68. The first-order chi connectivity index (χ1) is 11.2. The first kappa shape index (κ1) is 14.8. The van der Waals surface area contributed by atoms with Gasteiger partial charge in [-0.1, -0.05) is 12.1 Å². The summed E-state index contributed by atoms with van der Waals surface area (Å²) in [5, 5.41) is 11.0. The van der Waals surface area contributed by atoms with Gasteiger partial charge in [0.15, 0.2) is 11.5 Å². The fourth-order valence-corrected chi connectivity index (χ4v) is 2.65. The highest BCUT2D eigenvalue weighted by Gasteiger charge is 2.17. The van der Waals surface area contributed by atoms with Gasteiger partial charge in [0.2, 0.25) is 0 Å². The predicted octanol–water partition coefficient (Wildman–Crippen LogP) is 3.62. The van der Waals surface area contributed by atoms with Gasteiger partial charge in [-0.15, -0.1) is 0 Å². The monoisotopic (exact) mass is 309 g/mol. The molecule has 5 nitrogen and oxygen atoms in total. The van der Waals surface area contributed by atoms with Crippen LogP contribution in [0.1, 0.15) is 10.4 Å². The second-order valence-electron chi connectivity index (χ2n) is 4.97. The van der Waals surface area contributed by atoms with Crippen molar-refractivity contribution in [3.63, 3.8) is 0 Å². The number of aromatic nitrogens is 1. The summed E-state index contributed by atoms with van der Waals surface area (Å²) in [5.74, 6) is 0.164. The molecular formula is C18H15NO4. The molecule has 0 saturated heterocycles. The molecule has 0 spiro atoms. The van der Waals surface area contributed by atoms with E-state index < -0.39 is 5.97 Å². The van der Waals surface area contributed by atoms with Crippen LogP contribution in [-0.2, 0) is 0 Å². The van der Waals surface area contributed by atoms with E-state index >= 15 is 0 Å². The number of benzene rings is 2. The van der Waals surface area contributed by atoms with Crippen LogP contribution in [0.4, 0.5) is 0 Å². The van der Waals surface area contributed by atoms with Crippen LogP contribution in [-0.4, -0.2) is 30.3 Å². The number of carbonyl (C=O) groups is 1. The van der Waals surface area contributed by atoms with Gasteiger partial charge in [-0.05, 0) is 35.2 Å². The summed E-state index contributed by atoms with van der Waals surface area (Å²) in [5.41, 5.74) is 1.75. The van der Waals surface area contributed by atoms with Crippen molar-refractivity contribution < 1.29 is 19.4 Å². The fourth-order valence-electron chi connectivity index (χ4n) is 2.65. The van der Waals surface area contributed by atoms with Crippen LogP contribution in [0.25, 0.3) is 21.9 Å². The Balaban J connectivity index is 2.39. The second-order valence-corrected chi connectivity index (χ2v) is 4.97. The number of rotatable bonds is 4. The highest BCUT2D eigenvalue weighted by atomic mass is 16.5. The van der Waals surface area contributed by atoms with Crippen molar-refractivity contribution in [3.05, 3.63) is 54.4 Å². The van der Waals surface area contributed by atoms with E-state index in [-0.39, 0.29) is 5.56 Å². The summed E-state index contributed by atoms with van der Waals surface area (Å²) >= 11 is 0. The lowest BCUT2D eigenvalue weighted by molar-refractivity contribution is 0.0697. The molecule has 0 unspecified atom stereocenters. The Morgan fingerprint density at radius 3 is 2.65 bits per heavy atom. The van der Waals surface area contributed by atoms with Crippen LogP contribution in [0.3, 0.4) is 0 Å². The van der Waals surface area contributed by atoms with Gasteiger partial charge < -0.3 is 14.6 Å². The summed E-state index contributed by atoms with van der Waals surface area (Å²) < 4.78 is 11.0. The maximum Gasteiger partial charge on any atom is 0.335 e. The normalized spacial score (nSPS) is 10.5. The molecule has 0 radical (unpaired) electrons. The molecule has 0 atom stereocenters. The van der Waals surface area contributed by atoms with Gasteiger partial charge >= 0.3 is 5.97 Å². The average Bonchev–Trinajstić information content (AvgIpc) is 2.59. The van der Waals surface area contributed by atoms with Crippen LogP contribution in [0, 0.1) is 0 Å². The smallest absolute Gasteiger partial charge is 0.335 e. The number of fused-ring (bicyclic) bond motifs is 1. The second kappa shape index (κ2) is 5.96. The SMILES string of the molecule is COc1cc2cnccc2c(-c2cccc(C(=O)O)c2)c1OC. The van der Waals surface area contributed by atoms with Crippen LogP contribution < -0.4 is 9.47 Å². The van der Waals surface area contributed by atoms with E-state index in [0.29, 0.717) is 11.5 Å². The molecule has 3 rings (SSSR count). The van der Waals surface area contributed by atoms with Crippen LogP contribution >= 0.6 is 0 Å². The Labute approximate surface area is 133 Å². The number of pyridine rings is 1. The molecule has 0 aliphatic heterocycles. The molecule has 1 heterocycles. The standard InChI is InChI=1S/C18H15NO4/c1-22-15-9-13-10-19-7-6-14(13)16(17(15)23-2)11-4-3-5-12(8-11)18(20)21/h3-10H,1-2H3,(H,20,21). The first-order valence-corrected chi connectivity index (χ1v) is 6.98. The van der Waals surface area contributed by atoms with E-state index in [0.717, 1.165) is 21.9 Å². The highest BCUT2D eigenvalue weighted by molar-refractivity contribution is 6.02. The van der Waals surface area contributed by atoms with Gasteiger partial charge in [0.25, 0.3) is 0 Å². The summed E-state index contributed by atoms with van der Waals surface area (Å²) in [4.78, 5) is 15.4. The van der Waals surface area contributed by atoms with Crippen LogP contribution in [0.2, 0.25) is 0 Å². The van der Waals surface area contributed by atoms with E-state index in [1.165, 1.54) is 0 Å². The highest BCUT2D eigenvalue weighted by Crippen LogP contribution is 2.43. The van der Waals surface area contributed by atoms with E-state index in [9.17, 15) is 9.90 Å². The van der Waals surface area contributed by atoms with Crippen molar-refractivity contribution in [1.29, 1.82) is 0 Å². The molecule has 23 heavy (non-hydrogen) atoms. The predicted molar refractivity (Wildman–Crippen MR) is 87.2 cm³/mol. The molecule has 0 aliphatic carbocycles. The maximum atomic E-state index is 11.3. The molecule has 2 aromatic carbocycles. The minimum absolute atomic E-state index is 0.217. The van der Waals surface area contributed by atoms with Gasteiger partial charge in [-0.3, -0.25) is 4.98 Å². The molecule has 116 valence electrons. The summed E-state index contributed by atoms with van der Waals surface area (Å²) in [6.45, 7) is 0. The lowest BCUT2D eigenvalue weighted by Gasteiger charge is -2.16. The Morgan fingerprint density at radius 2 is 1.96 bits per heavy atom. The van der Waals surface area contributed by atoms with Gasteiger partial charge in [0.05, 0.1) is 19.8 Å². The van der Waals surface area contributed by atoms with E-state index in [4.69, 9.17) is 9.47 Å². The third-order valence-corrected chi connectivity index (χ3v) is 3.68. The Morgan fingerprint density at radius 1 is 1.13 bits per heavy atom. The Hall–Kier alpha value is -3.08. The third kappa shape index (κ3) is 2.57. The van der Waals surface area contributed by atoms with E-state index in [2.05, 4.69) is 4.98 Å². The van der Waals surface area contributed by atoms with Crippen molar-refractivity contribution >= 4 is 16.7 Å². The fraction of sp³-hybridized carbons (Fsp3) is 0.111. The van der Waals surface area contributed by atoms with Crippen molar-refractivity contribution in [2.75, 3.05) is 14.2 Å². The Kier molecular flexibility index (Phi) is 3.85. The molecule has 5 heteroatoms. The lowest BCUT2D eigenvalue weighted by atomic mass is 9.96. The minimum atomic E-state index is -0.973. The molecular weight excluding hydrogens is 294 g/mol. The van der Waals surface area contributed by atoms with Crippen LogP contribution in [0.15, 0.2) is 48.8 Å². The molecule has 0 amide bonds. The molecule has 1 aromatic heterocycles. The average molecular weight is 309 g/mol. The lowest BCUT2D eigenvalue weighted by Crippen LogP contribution is -1.98. The van der Waals surface area contributed by atoms with E-state index in [1.807, 2.05) is 18.2 Å². The van der Waals surface area contributed by atoms with Gasteiger partial charge in [-0.25, -0.2) is 4.79 Å². The summed E-state index contributed by atoms with van der Waals surface area (Å²) in [6, 6.07) is 10.5. The topological polar surface area (TPSA) is 68.7 Å². The number of carboxylic acid groups (broad SMARTS) is 1. The largest absolute Gasteiger partial charge is 0.493 e.